The molecule has 54 valence electrons. The number of amides is 1. The zero-order valence-electron chi connectivity index (χ0n) is 5.66. The number of hydrogen-bond donors (Lipinski definition) is 2. The minimum Gasteiger partial charge on any atom is -0.465 e. The van der Waals surface area contributed by atoms with Crippen LogP contribution >= 0.6 is 0 Å². The molecule has 3 N–H and O–H groups in total. The van der Waals surface area contributed by atoms with Crippen molar-refractivity contribution in [1.82, 2.24) is 4.90 Å². The Kier molecular flexibility index (Phi) is 3.01. The van der Waals surface area contributed by atoms with E-state index in [9.17, 15) is 4.79 Å². The molecule has 0 fully saturated rings. The summed E-state index contributed by atoms with van der Waals surface area (Å²) in [6.07, 6.45) is -0.937. The van der Waals surface area contributed by atoms with Crippen molar-refractivity contribution in [3.8, 4) is 0 Å². The van der Waals surface area contributed by atoms with Crippen LogP contribution in [0.5, 0.6) is 0 Å². The Morgan fingerprint density at radius 1 is 1.89 bits per heavy atom. The van der Waals surface area contributed by atoms with Gasteiger partial charge in [0.25, 0.3) is 0 Å². The zero-order chi connectivity index (χ0) is 7.44. The van der Waals surface area contributed by atoms with E-state index < -0.39 is 6.09 Å². The van der Waals surface area contributed by atoms with Crippen molar-refractivity contribution in [3.63, 3.8) is 0 Å². The van der Waals surface area contributed by atoms with E-state index in [0.717, 1.165) is 0 Å². The average molecular weight is 132 g/mol. The van der Waals surface area contributed by atoms with Gasteiger partial charge in [0.15, 0.2) is 0 Å². The van der Waals surface area contributed by atoms with Crippen LogP contribution in [0.25, 0.3) is 0 Å². The number of nitrogens with two attached hydrogens (primary N) is 1. The summed E-state index contributed by atoms with van der Waals surface area (Å²) in [5.41, 5.74) is 5.21. The van der Waals surface area contributed by atoms with E-state index in [-0.39, 0.29) is 6.04 Å². The summed E-state index contributed by atoms with van der Waals surface area (Å²) in [6, 6.07) is -0.0949. The first kappa shape index (κ1) is 8.23. The van der Waals surface area contributed by atoms with Crippen LogP contribution in [-0.2, 0) is 0 Å². The molecule has 0 aromatic heterocycles. The number of likely N-dealkylation sites (N-methyl/N-ethyl adjacent to an activating group) is 1. The van der Waals surface area contributed by atoms with Gasteiger partial charge in [-0.15, -0.1) is 0 Å². The van der Waals surface area contributed by atoms with Crippen molar-refractivity contribution in [1.29, 1.82) is 0 Å². The molecule has 0 aromatic carbocycles. The average Bonchev–Trinajstić information content (AvgIpc) is 1.84. The highest BCUT2D eigenvalue weighted by molar-refractivity contribution is 5.64. The lowest BCUT2D eigenvalue weighted by Gasteiger charge is -2.19. The van der Waals surface area contributed by atoms with Crippen molar-refractivity contribution in [3.05, 3.63) is 0 Å². The minimum absolute atomic E-state index is 0.0949. The van der Waals surface area contributed by atoms with Crippen LogP contribution in [0.2, 0.25) is 0 Å². The van der Waals surface area contributed by atoms with Crippen molar-refractivity contribution >= 4 is 6.09 Å². The van der Waals surface area contributed by atoms with Gasteiger partial charge in [0.1, 0.15) is 0 Å². The Morgan fingerprint density at radius 2 is 2.33 bits per heavy atom. The molecule has 0 radical (unpaired) electrons. The van der Waals surface area contributed by atoms with Gasteiger partial charge in [0, 0.05) is 19.6 Å². The molecule has 0 saturated carbocycles. The first-order valence-corrected chi connectivity index (χ1v) is 2.75. The van der Waals surface area contributed by atoms with E-state index in [1.54, 1.807) is 6.92 Å². The van der Waals surface area contributed by atoms with Gasteiger partial charge >= 0.3 is 6.09 Å². The second-order valence-electron chi connectivity index (χ2n) is 1.98. The van der Waals surface area contributed by atoms with E-state index in [4.69, 9.17) is 10.8 Å². The van der Waals surface area contributed by atoms with E-state index in [1.807, 2.05) is 0 Å². The maximum absolute atomic E-state index is 10.2. The summed E-state index contributed by atoms with van der Waals surface area (Å²) in [4.78, 5) is 11.4. The lowest BCUT2D eigenvalue weighted by molar-refractivity contribution is 0.143. The van der Waals surface area contributed by atoms with Crippen LogP contribution in [0.3, 0.4) is 0 Å². The maximum Gasteiger partial charge on any atom is 0.407 e. The summed E-state index contributed by atoms with van der Waals surface area (Å²) < 4.78 is 0. The smallest absolute Gasteiger partial charge is 0.407 e. The van der Waals surface area contributed by atoms with E-state index in [2.05, 4.69) is 0 Å². The molecule has 1 atom stereocenters. The van der Waals surface area contributed by atoms with Gasteiger partial charge in [-0.2, -0.15) is 0 Å². The Hall–Kier alpha value is -0.770. The van der Waals surface area contributed by atoms with Crippen LogP contribution in [0.1, 0.15) is 6.92 Å². The highest BCUT2D eigenvalue weighted by Gasteiger charge is 2.10. The Labute approximate surface area is 54.3 Å². The normalized spacial score (nSPS) is 12.8. The third kappa shape index (κ3) is 2.32. The van der Waals surface area contributed by atoms with Crippen LogP contribution in [0, 0.1) is 0 Å². The van der Waals surface area contributed by atoms with Gasteiger partial charge in [-0.3, -0.25) is 0 Å². The van der Waals surface area contributed by atoms with Crippen LogP contribution < -0.4 is 5.73 Å². The molecule has 0 heterocycles. The topological polar surface area (TPSA) is 66.6 Å². The van der Waals surface area contributed by atoms with Gasteiger partial charge in [0.2, 0.25) is 0 Å². The number of carbonyl (C=O) groups is 1. The van der Waals surface area contributed by atoms with Gasteiger partial charge in [-0.25, -0.2) is 4.79 Å². The maximum atomic E-state index is 10.2. The molecule has 1 amide bonds. The summed E-state index contributed by atoms with van der Waals surface area (Å²) in [5.74, 6) is 0. The molecule has 0 aliphatic heterocycles. The quantitative estimate of drug-likeness (QED) is 0.553. The second kappa shape index (κ2) is 3.29. The van der Waals surface area contributed by atoms with E-state index in [1.165, 1.54) is 11.9 Å². The molecular formula is C5H12N2O2. The Bertz CT molecular complexity index is 105. The Morgan fingerprint density at radius 3 is 2.44 bits per heavy atom. The lowest BCUT2D eigenvalue weighted by Crippen LogP contribution is -2.38. The zero-order valence-corrected chi connectivity index (χ0v) is 5.66. The molecule has 0 aliphatic rings. The highest BCUT2D eigenvalue weighted by Crippen LogP contribution is 1.91. The van der Waals surface area contributed by atoms with Crippen molar-refractivity contribution < 1.29 is 9.90 Å². The predicted octanol–water partition coefficient (Wildman–Crippen LogP) is -0.0566. The molecule has 0 spiro atoms. The van der Waals surface area contributed by atoms with Crippen LogP contribution in [-0.4, -0.2) is 35.7 Å². The van der Waals surface area contributed by atoms with Crippen LogP contribution in [0.4, 0.5) is 4.79 Å². The summed E-state index contributed by atoms with van der Waals surface area (Å²) >= 11 is 0. The van der Waals surface area contributed by atoms with Crippen molar-refractivity contribution in [2.75, 3.05) is 13.6 Å². The number of carboxylic acid groups (broad SMARTS) is 1. The number of nitrogens with zero attached hydrogens (tertiary/aromatic N) is 1. The minimum atomic E-state index is -0.937. The fourth-order valence-corrected chi connectivity index (χ4v) is 0.347. The highest BCUT2D eigenvalue weighted by atomic mass is 16.4. The van der Waals surface area contributed by atoms with Crippen molar-refractivity contribution in [2.24, 2.45) is 5.73 Å². The summed E-state index contributed by atoms with van der Waals surface area (Å²) in [7, 11) is 1.50. The molecule has 0 aromatic rings. The fourth-order valence-electron chi connectivity index (χ4n) is 0.347. The fraction of sp³-hybridized carbons (Fsp3) is 0.800. The second-order valence-corrected chi connectivity index (χ2v) is 1.98. The number of hydrogen-bond acceptors (Lipinski definition) is 2. The largest absolute Gasteiger partial charge is 0.465 e. The molecule has 9 heavy (non-hydrogen) atoms. The molecular weight excluding hydrogens is 120 g/mol. The summed E-state index contributed by atoms with van der Waals surface area (Å²) in [5, 5.41) is 8.35. The predicted molar refractivity (Wildman–Crippen MR) is 34.3 cm³/mol. The molecule has 0 bridgehead atoms. The first-order chi connectivity index (χ1) is 4.09. The molecule has 0 saturated heterocycles. The van der Waals surface area contributed by atoms with Gasteiger partial charge in [-0.05, 0) is 6.92 Å². The van der Waals surface area contributed by atoms with E-state index in [0.29, 0.717) is 6.54 Å². The van der Waals surface area contributed by atoms with E-state index >= 15 is 0 Å². The van der Waals surface area contributed by atoms with Gasteiger partial charge < -0.3 is 15.7 Å². The molecule has 4 nitrogen and oxygen atoms in total. The molecule has 4 heteroatoms. The Balaban J connectivity index is 3.72. The van der Waals surface area contributed by atoms with Gasteiger partial charge in [0.05, 0.1) is 0 Å². The van der Waals surface area contributed by atoms with Gasteiger partial charge in [-0.1, -0.05) is 0 Å². The summed E-state index contributed by atoms with van der Waals surface area (Å²) in [6.45, 7) is 2.12. The molecule has 0 aliphatic carbocycles. The van der Waals surface area contributed by atoms with Crippen molar-refractivity contribution in [2.45, 2.75) is 13.0 Å². The standard InChI is InChI=1S/C5H12N2O2/c1-4(3-6)7(2)5(8)9/h4H,3,6H2,1-2H3,(H,8,9)/t4-/m0/s1. The third-order valence-electron chi connectivity index (χ3n) is 1.30. The van der Waals surface area contributed by atoms with Crippen LogP contribution in [0.15, 0.2) is 0 Å². The third-order valence-corrected chi connectivity index (χ3v) is 1.30. The SMILES string of the molecule is C[C@@H](CN)N(C)C(=O)O. The first-order valence-electron chi connectivity index (χ1n) is 2.75. The number of rotatable bonds is 2. The molecule has 0 unspecified atom stereocenters. The molecule has 0 rings (SSSR count). The lowest BCUT2D eigenvalue weighted by atomic mass is 10.3. The monoisotopic (exact) mass is 132 g/mol.